The van der Waals surface area contributed by atoms with Crippen LogP contribution in [0.1, 0.15) is 106 Å². The number of aromatic nitrogens is 3. The van der Waals surface area contributed by atoms with Gasteiger partial charge >= 0.3 is 0 Å². The molecule has 0 unspecified atom stereocenters. The van der Waals surface area contributed by atoms with Crippen LogP contribution < -0.4 is 25.4 Å². The number of benzene rings is 2. The Hall–Kier alpha value is -5.58. The Morgan fingerprint density at radius 3 is 2.55 bits per heavy atom. The Morgan fingerprint density at radius 2 is 1.81 bits per heavy atom. The molecule has 62 heavy (non-hydrogen) atoms. The van der Waals surface area contributed by atoms with Crippen molar-refractivity contribution < 1.29 is 22.9 Å². The summed E-state index contributed by atoms with van der Waals surface area (Å²) in [5, 5.41) is 15.9. The predicted octanol–water partition coefficient (Wildman–Crippen LogP) is 8.03. The molecule has 1 spiro atoms. The monoisotopic (exact) mass is 861 g/mol. The number of nitro groups is 1. The van der Waals surface area contributed by atoms with Crippen molar-refractivity contribution in [2.24, 2.45) is 17.1 Å². The maximum Gasteiger partial charge on any atom is 0.293 e. The number of anilines is 2. The van der Waals surface area contributed by atoms with Crippen molar-refractivity contribution in [1.82, 2.24) is 24.6 Å². The first-order valence-electron chi connectivity index (χ1n) is 21.7. The molecule has 0 bridgehead atoms. The summed E-state index contributed by atoms with van der Waals surface area (Å²) in [5.41, 5.74) is 9.39. The van der Waals surface area contributed by atoms with Crippen LogP contribution in [0.5, 0.6) is 11.5 Å². The minimum Gasteiger partial charge on any atom is -0.455 e. The number of piperidine rings is 1. The summed E-state index contributed by atoms with van der Waals surface area (Å²) in [6, 6.07) is 18.8. The summed E-state index contributed by atoms with van der Waals surface area (Å²) in [4.78, 5) is 42.0. The lowest BCUT2D eigenvalue weighted by atomic mass is 9.60. The van der Waals surface area contributed by atoms with Gasteiger partial charge in [0.25, 0.3) is 21.6 Å². The molecule has 2 aromatic carbocycles. The topological polar surface area (TPSA) is 202 Å². The first-order valence-corrected chi connectivity index (χ1v) is 23.2. The number of sulfonamides is 1. The number of ether oxygens (including phenoxy) is 1. The highest BCUT2D eigenvalue weighted by Crippen LogP contribution is 2.54. The van der Waals surface area contributed by atoms with E-state index in [1.165, 1.54) is 61.3 Å². The number of likely N-dealkylation sites (tertiary alicyclic amines) is 1. The number of nitro benzene ring substituents is 1. The van der Waals surface area contributed by atoms with Gasteiger partial charge in [0.2, 0.25) is 0 Å². The highest BCUT2D eigenvalue weighted by atomic mass is 32.2. The summed E-state index contributed by atoms with van der Waals surface area (Å²) < 4.78 is 35.7. The fourth-order valence-corrected chi connectivity index (χ4v) is 11.5. The minimum absolute atomic E-state index is 0.0974. The quantitative estimate of drug-likeness (QED) is 0.0657. The van der Waals surface area contributed by atoms with Crippen molar-refractivity contribution in [2.75, 3.05) is 36.4 Å². The third-order valence-corrected chi connectivity index (χ3v) is 15.0. The fourth-order valence-electron chi connectivity index (χ4n) is 10.5. The van der Waals surface area contributed by atoms with Gasteiger partial charge in [0, 0.05) is 67.2 Å². The van der Waals surface area contributed by atoms with Gasteiger partial charge in [-0.1, -0.05) is 38.1 Å². The van der Waals surface area contributed by atoms with Crippen LogP contribution in [-0.4, -0.2) is 76.9 Å². The molecular weight excluding hydrogens is 807 g/mol. The Kier molecular flexibility index (Phi) is 11.0. The molecule has 2 aliphatic heterocycles. The molecule has 1 atom stereocenters. The normalized spacial score (nSPS) is 22.7. The van der Waals surface area contributed by atoms with Gasteiger partial charge in [-0.25, -0.2) is 23.1 Å². The molecule has 16 heteroatoms. The van der Waals surface area contributed by atoms with Crippen LogP contribution in [0.15, 0.2) is 84.1 Å². The summed E-state index contributed by atoms with van der Waals surface area (Å²) >= 11 is 0. The van der Waals surface area contributed by atoms with E-state index in [1.807, 2.05) is 13.0 Å². The second-order valence-corrected chi connectivity index (χ2v) is 20.3. The van der Waals surface area contributed by atoms with Gasteiger partial charge in [0.05, 0.1) is 16.0 Å². The van der Waals surface area contributed by atoms with Crippen LogP contribution in [0.4, 0.5) is 17.2 Å². The lowest BCUT2D eigenvalue weighted by molar-refractivity contribution is -0.384. The number of nitrogens with two attached hydrogens (primary N) is 1. The van der Waals surface area contributed by atoms with Gasteiger partial charge in [0.1, 0.15) is 34.2 Å². The van der Waals surface area contributed by atoms with Crippen LogP contribution in [0.3, 0.4) is 0 Å². The molecule has 326 valence electrons. The van der Waals surface area contributed by atoms with E-state index in [-0.39, 0.29) is 33.9 Å². The SMILES string of the molecule is CC(C)c1ccccc1[C@@H]1CCCN1C1CC2(CCN(c3cc(Oc4cnc5[nH]ccc5c4)c(C(=O)NS(=O)(=O)c4ccc(NCC5CC(C)(N)C5)c([N+](=O)[O-])c4)cn3)CC2)C1. The Labute approximate surface area is 362 Å². The molecule has 4 aliphatic rings. The minimum atomic E-state index is -4.57. The van der Waals surface area contributed by atoms with Gasteiger partial charge in [-0.05, 0) is 117 Å². The summed E-state index contributed by atoms with van der Waals surface area (Å²) in [7, 11) is -4.57. The largest absolute Gasteiger partial charge is 0.455 e. The van der Waals surface area contributed by atoms with Crippen LogP contribution in [0.2, 0.25) is 0 Å². The molecule has 5 heterocycles. The molecule has 0 radical (unpaired) electrons. The maximum absolute atomic E-state index is 13.9. The molecule has 2 saturated carbocycles. The number of nitrogens with one attached hydrogen (secondary N) is 3. The number of amides is 1. The number of rotatable bonds is 13. The first-order chi connectivity index (χ1) is 29.7. The zero-order valence-corrected chi connectivity index (χ0v) is 36.3. The molecule has 2 aliphatic carbocycles. The van der Waals surface area contributed by atoms with E-state index >= 15 is 0 Å². The molecule has 1 amide bonds. The van der Waals surface area contributed by atoms with Crippen molar-refractivity contribution in [1.29, 1.82) is 0 Å². The average molecular weight is 862 g/mol. The summed E-state index contributed by atoms with van der Waals surface area (Å²) in [5.74, 6) is 0.798. The van der Waals surface area contributed by atoms with E-state index in [2.05, 4.69) is 72.9 Å². The Morgan fingerprint density at radius 1 is 1.03 bits per heavy atom. The van der Waals surface area contributed by atoms with Crippen molar-refractivity contribution in [3.8, 4) is 11.5 Å². The lowest BCUT2D eigenvalue weighted by Crippen LogP contribution is -2.55. The molecule has 5 aromatic rings. The highest BCUT2D eigenvalue weighted by molar-refractivity contribution is 7.90. The Bertz CT molecular complexity index is 2610. The molecule has 2 saturated heterocycles. The number of pyridine rings is 2. The number of hydrogen-bond acceptors (Lipinski definition) is 12. The average Bonchev–Trinajstić information content (AvgIpc) is 3.91. The molecule has 15 nitrogen and oxygen atoms in total. The van der Waals surface area contributed by atoms with Crippen molar-refractivity contribution >= 4 is 44.2 Å². The van der Waals surface area contributed by atoms with E-state index in [1.54, 1.807) is 18.3 Å². The van der Waals surface area contributed by atoms with Crippen molar-refractivity contribution in [3.63, 3.8) is 0 Å². The maximum atomic E-state index is 13.9. The third kappa shape index (κ3) is 8.34. The van der Waals surface area contributed by atoms with Crippen LogP contribution in [0, 0.1) is 21.4 Å². The van der Waals surface area contributed by atoms with Gasteiger partial charge in [-0.2, -0.15) is 0 Å². The molecule has 5 N–H and O–H groups in total. The second-order valence-electron chi connectivity index (χ2n) is 18.6. The number of hydrogen-bond donors (Lipinski definition) is 4. The number of carbonyl (C=O) groups is 1. The third-order valence-electron chi connectivity index (χ3n) is 13.7. The van der Waals surface area contributed by atoms with E-state index in [4.69, 9.17) is 10.5 Å². The Balaban J connectivity index is 0.902. The van der Waals surface area contributed by atoms with Crippen LogP contribution in [-0.2, 0) is 10.0 Å². The van der Waals surface area contributed by atoms with Crippen molar-refractivity contribution in [3.05, 3.63) is 106 Å². The highest BCUT2D eigenvalue weighted by Gasteiger charge is 2.50. The van der Waals surface area contributed by atoms with E-state index < -0.39 is 31.4 Å². The predicted molar refractivity (Wildman–Crippen MR) is 238 cm³/mol. The van der Waals surface area contributed by atoms with E-state index in [0.717, 1.165) is 56.8 Å². The molecule has 4 fully saturated rings. The molecule has 3 aromatic heterocycles. The number of H-pyrrole nitrogens is 1. The van der Waals surface area contributed by atoms with Gasteiger partial charge in [0.15, 0.2) is 0 Å². The summed E-state index contributed by atoms with van der Waals surface area (Å²) in [6.07, 6.45) is 13.0. The van der Waals surface area contributed by atoms with Gasteiger partial charge < -0.3 is 25.7 Å². The fraction of sp³-hybridized carbons (Fsp3) is 0.457. The summed E-state index contributed by atoms with van der Waals surface area (Å²) in [6.45, 7) is 9.70. The molecular formula is C46H55N9O6S. The smallest absolute Gasteiger partial charge is 0.293 e. The van der Waals surface area contributed by atoms with Crippen LogP contribution in [0.25, 0.3) is 11.0 Å². The number of nitrogens with zero attached hydrogens (tertiary/aromatic N) is 5. The number of carbonyl (C=O) groups excluding carboxylic acids is 1. The zero-order valence-electron chi connectivity index (χ0n) is 35.5. The van der Waals surface area contributed by atoms with Gasteiger partial charge in [-0.3, -0.25) is 19.8 Å². The standard InChI is InChI=1S/C46H55N9O6S/c1-29(2)35-7-4-5-8-36(35)39-9-6-16-54(39)32-24-46(25-32)13-17-53(18-14-46)42-21-41(61-33-19-31-12-15-48-43(31)51-27-33)37(28-50-42)44(56)52-62(59,60)34-10-11-38(40(20-34)55(57)58)49-26-30-22-45(3,47)23-30/h4-5,7-8,10-12,15,19-21,27-30,32,39,49H,6,9,13-14,16-18,22-26,47H2,1-3H3,(H,48,51)(H,52,56)/t30?,39-,45?/m0/s1. The molecule has 9 rings (SSSR count). The zero-order chi connectivity index (χ0) is 43.4. The van der Waals surface area contributed by atoms with E-state index in [9.17, 15) is 23.3 Å². The van der Waals surface area contributed by atoms with Gasteiger partial charge in [-0.15, -0.1) is 0 Å². The van der Waals surface area contributed by atoms with Crippen LogP contribution >= 0.6 is 0 Å². The number of aromatic amines is 1. The number of fused-ring (bicyclic) bond motifs is 1. The second kappa shape index (κ2) is 16.3. The first kappa shape index (κ1) is 41.8. The lowest BCUT2D eigenvalue weighted by Gasteiger charge is -2.56. The van der Waals surface area contributed by atoms with Crippen molar-refractivity contribution in [2.45, 2.75) is 101 Å². The van der Waals surface area contributed by atoms with E-state index in [0.29, 0.717) is 41.8 Å².